The third kappa shape index (κ3) is 1.90. The molecule has 0 aliphatic carbocycles. The lowest BCUT2D eigenvalue weighted by Crippen LogP contribution is -3.21. The lowest BCUT2D eigenvalue weighted by molar-refractivity contribution is -0.958. The summed E-state index contributed by atoms with van der Waals surface area (Å²) in [7, 11) is 0. The van der Waals surface area contributed by atoms with Crippen LogP contribution < -0.4 is 4.90 Å². The second-order valence-corrected chi connectivity index (χ2v) is 3.93. The summed E-state index contributed by atoms with van der Waals surface area (Å²) in [6.45, 7) is 7.44. The summed E-state index contributed by atoms with van der Waals surface area (Å²) in [6.07, 6.45) is 0. The number of quaternary nitrogens is 1. The van der Waals surface area contributed by atoms with Crippen LogP contribution in [0.3, 0.4) is 0 Å². The van der Waals surface area contributed by atoms with Crippen molar-refractivity contribution in [3.05, 3.63) is 0 Å². The lowest BCUT2D eigenvalue weighted by atomic mass is 10.4. The average Bonchev–Trinajstić information content (AvgIpc) is 2.01. The van der Waals surface area contributed by atoms with Crippen molar-refractivity contribution in [3.63, 3.8) is 0 Å². The van der Waals surface area contributed by atoms with Crippen LogP contribution >= 0.6 is 0 Å². The van der Waals surface area contributed by atoms with Gasteiger partial charge in [0.2, 0.25) is 0 Å². The molecule has 1 N–H and O–H groups in total. The number of nitrogens with zero attached hydrogens (tertiary/aromatic N) is 4. The van der Waals surface area contributed by atoms with Gasteiger partial charge in [0.25, 0.3) is 0 Å². The minimum absolute atomic E-state index is 1.21. The molecule has 0 aromatic carbocycles. The first kappa shape index (κ1) is 9.12. The molecule has 4 rings (SSSR count). The lowest BCUT2D eigenvalue weighted by Gasteiger charge is -2.53. The summed E-state index contributed by atoms with van der Waals surface area (Å²) in [5.74, 6) is 0. The molecule has 0 spiro atoms. The molecule has 5 nitrogen and oxygen atoms in total. The smallest absolute Gasteiger partial charge is 0.137 e. The summed E-state index contributed by atoms with van der Waals surface area (Å²) in [5, 5.41) is 8.47. The summed E-state index contributed by atoms with van der Waals surface area (Å²) in [5.41, 5.74) is 0. The van der Waals surface area contributed by atoms with E-state index in [0.29, 0.717) is 0 Å². The van der Waals surface area contributed by atoms with E-state index in [-0.39, 0.29) is 0 Å². The minimum Gasteiger partial charge on any atom is -0.696 e. The molecule has 0 aromatic heterocycles. The number of hydrogen-bond acceptors (Lipinski definition) is 5. The molecule has 0 atom stereocenters. The summed E-state index contributed by atoms with van der Waals surface area (Å²) in [6, 6.07) is 0. The molecule has 13 heavy (non-hydrogen) atoms. The van der Waals surface area contributed by atoms with Crippen LogP contribution in [0, 0.1) is 10.7 Å². The Labute approximate surface area is 83.5 Å². The third-order valence-electron chi connectivity index (χ3n) is 2.54. The molecule has 0 aromatic rings. The van der Waals surface area contributed by atoms with Crippen LogP contribution in [0.2, 0.25) is 0 Å². The summed E-state index contributed by atoms with van der Waals surface area (Å²) < 4.78 is 0. The van der Waals surface area contributed by atoms with Gasteiger partial charge in [-0.1, -0.05) is 5.40 Å². The Bertz CT molecular complexity index is 169. The van der Waals surface area contributed by atoms with Gasteiger partial charge in [-0.25, -0.2) is 20.0 Å². The molecule has 4 aliphatic rings. The van der Waals surface area contributed by atoms with Crippen molar-refractivity contribution in [3.8, 4) is 5.40 Å². The highest BCUT2D eigenvalue weighted by atomic mass is 32.1. The van der Waals surface area contributed by atoms with Gasteiger partial charge in [-0.2, -0.15) is 0 Å². The van der Waals surface area contributed by atoms with Gasteiger partial charge in [-0.15, -0.1) is 0 Å². The maximum atomic E-state index is 7.13. The van der Waals surface area contributed by atoms with Crippen molar-refractivity contribution in [1.29, 1.82) is 5.26 Å². The fourth-order valence-electron chi connectivity index (χ4n) is 2.38. The van der Waals surface area contributed by atoms with Gasteiger partial charge in [-0.05, 0) is 0 Å². The van der Waals surface area contributed by atoms with Gasteiger partial charge in [0.05, 0.1) is 20.0 Å². The first-order valence-corrected chi connectivity index (χ1v) is 4.74. The van der Waals surface area contributed by atoms with E-state index in [4.69, 9.17) is 5.26 Å². The van der Waals surface area contributed by atoms with Gasteiger partial charge >= 0.3 is 0 Å². The first-order chi connectivity index (χ1) is 6.31. The second-order valence-electron chi connectivity index (χ2n) is 3.75. The molecule has 4 bridgehead atoms. The molecule has 6 heteroatoms. The van der Waals surface area contributed by atoms with E-state index >= 15 is 0 Å². The Morgan fingerprint density at radius 2 is 1.31 bits per heavy atom. The van der Waals surface area contributed by atoms with Gasteiger partial charge in [0, 0.05) is 0 Å². The second kappa shape index (κ2) is 3.74. The van der Waals surface area contributed by atoms with Crippen LogP contribution in [-0.2, 0) is 12.6 Å². The van der Waals surface area contributed by atoms with Gasteiger partial charge in [0.1, 0.15) is 20.0 Å². The van der Waals surface area contributed by atoms with E-state index in [1.807, 2.05) is 0 Å². The molecule has 4 fully saturated rings. The molecular formula is C7H13N5S. The highest BCUT2D eigenvalue weighted by Gasteiger charge is 2.39. The van der Waals surface area contributed by atoms with Crippen LogP contribution in [0.4, 0.5) is 0 Å². The standard InChI is InChI=1S/C6H12N4.CHNS/c1-7-2-9-4-8(1)5-10(3-7)6-9;2-1-3/h1-6H2;3H. The quantitative estimate of drug-likeness (QED) is 0.347. The Morgan fingerprint density at radius 1 is 1.00 bits per heavy atom. The van der Waals surface area contributed by atoms with Crippen molar-refractivity contribution in [2.75, 3.05) is 40.0 Å². The molecule has 4 aliphatic heterocycles. The number of nitrogens with one attached hydrogen (secondary N) is 1. The third-order valence-corrected chi connectivity index (χ3v) is 2.54. The summed E-state index contributed by atoms with van der Waals surface area (Å²) in [4.78, 5) is 9.23. The fourth-order valence-corrected chi connectivity index (χ4v) is 2.38. The Hall–Kier alpha value is -0.450. The van der Waals surface area contributed by atoms with Gasteiger partial charge < -0.3 is 12.6 Å². The molecular weight excluding hydrogens is 186 g/mol. The van der Waals surface area contributed by atoms with Crippen LogP contribution in [0.5, 0.6) is 0 Å². The normalized spacial score (nSPS) is 44.8. The van der Waals surface area contributed by atoms with E-state index in [1.165, 1.54) is 45.4 Å². The zero-order chi connectivity index (χ0) is 9.26. The number of nitriles is 1. The van der Waals surface area contributed by atoms with Crippen LogP contribution in [0.1, 0.15) is 0 Å². The minimum atomic E-state index is 1.21. The first-order valence-electron chi connectivity index (χ1n) is 4.33. The van der Waals surface area contributed by atoms with Crippen molar-refractivity contribution in [2.24, 2.45) is 0 Å². The molecule has 0 radical (unpaired) electrons. The van der Waals surface area contributed by atoms with Crippen molar-refractivity contribution in [1.82, 2.24) is 14.7 Å². The largest absolute Gasteiger partial charge is 0.696 e. The molecule has 72 valence electrons. The van der Waals surface area contributed by atoms with Crippen molar-refractivity contribution >= 4 is 12.6 Å². The van der Waals surface area contributed by atoms with Crippen LogP contribution in [0.15, 0.2) is 0 Å². The zero-order valence-corrected chi connectivity index (χ0v) is 8.26. The van der Waals surface area contributed by atoms with E-state index < -0.39 is 0 Å². The molecule has 0 unspecified atom stereocenters. The SMILES string of the molecule is C1N2CN3CN1C[NH+](C2)C3.N#C[S-]. The Morgan fingerprint density at radius 3 is 1.54 bits per heavy atom. The molecule has 0 saturated carbocycles. The van der Waals surface area contributed by atoms with Gasteiger partial charge in [-0.3, -0.25) is 4.90 Å². The van der Waals surface area contributed by atoms with Gasteiger partial charge in [0.15, 0.2) is 0 Å². The highest BCUT2D eigenvalue weighted by Crippen LogP contribution is 2.09. The maximum absolute atomic E-state index is 7.13. The monoisotopic (exact) mass is 199 g/mol. The number of thiocyanates is 1. The van der Waals surface area contributed by atoms with Crippen LogP contribution in [-0.4, -0.2) is 54.7 Å². The number of hydrogen-bond donors (Lipinski definition) is 1. The van der Waals surface area contributed by atoms with E-state index in [1.54, 1.807) is 4.90 Å². The molecule has 0 amide bonds. The molecule has 4 heterocycles. The predicted molar refractivity (Wildman–Crippen MR) is 48.7 cm³/mol. The Kier molecular flexibility index (Phi) is 2.62. The van der Waals surface area contributed by atoms with E-state index in [0.717, 1.165) is 0 Å². The van der Waals surface area contributed by atoms with Crippen LogP contribution in [0.25, 0.3) is 0 Å². The summed E-state index contributed by atoms with van der Waals surface area (Å²) >= 11 is 3.70. The fraction of sp³-hybridized carbons (Fsp3) is 0.857. The highest BCUT2D eigenvalue weighted by molar-refractivity contribution is 7.64. The predicted octanol–water partition coefficient (Wildman–Crippen LogP) is -2.42. The van der Waals surface area contributed by atoms with Crippen molar-refractivity contribution in [2.45, 2.75) is 0 Å². The van der Waals surface area contributed by atoms with E-state index in [9.17, 15) is 0 Å². The van der Waals surface area contributed by atoms with Crippen molar-refractivity contribution < 1.29 is 4.90 Å². The topological polar surface area (TPSA) is 38.0 Å². The van der Waals surface area contributed by atoms with E-state index in [2.05, 4.69) is 27.3 Å². The Balaban J connectivity index is 0.000000196. The average molecular weight is 199 g/mol. The number of rotatable bonds is 0. The molecule has 4 saturated heterocycles. The zero-order valence-electron chi connectivity index (χ0n) is 7.44. The maximum Gasteiger partial charge on any atom is 0.137 e.